The fraction of sp³-hybridized carbons (Fsp3) is 0.158. The molecule has 3 N–H and O–H groups in total. The molecule has 140 valence electrons. The Labute approximate surface area is 156 Å². The number of sulfonamides is 1. The van der Waals surface area contributed by atoms with Gasteiger partial charge in [0.15, 0.2) is 0 Å². The molecule has 0 atom stereocenters. The Bertz CT molecular complexity index is 1180. The number of carbonyl (C=O) groups excluding carboxylic acids is 1. The third kappa shape index (κ3) is 4.17. The van der Waals surface area contributed by atoms with E-state index in [9.17, 15) is 18.0 Å². The first-order chi connectivity index (χ1) is 12.8. The van der Waals surface area contributed by atoms with Gasteiger partial charge in [-0.15, -0.1) is 0 Å². The van der Waals surface area contributed by atoms with Gasteiger partial charge in [0.25, 0.3) is 5.91 Å². The molecule has 0 fully saturated rings. The number of aromatic amines is 1. The van der Waals surface area contributed by atoms with Crippen LogP contribution in [0, 0.1) is 6.92 Å². The lowest BCUT2D eigenvalue weighted by atomic mass is 10.1. The van der Waals surface area contributed by atoms with Crippen LogP contribution in [0.4, 0.5) is 11.4 Å². The summed E-state index contributed by atoms with van der Waals surface area (Å²) in [5, 5.41) is 3.39. The number of carbonyl (C=O) groups is 1. The molecule has 0 bridgehead atoms. The molecular formula is C19H19N3O4S. The number of fused-ring (bicyclic) bond motifs is 1. The maximum Gasteiger partial charge on any atom is 0.256 e. The number of para-hydroxylation sites is 1. The molecule has 0 spiro atoms. The molecule has 0 aliphatic rings. The largest absolute Gasteiger partial charge is 0.322 e. The minimum Gasteiger partial charge on any atom is -0.322 e. The summed E-state index contributed by atoms with van der Waals surface area (Å²) in [4.78, 5) is 27.2. The Morgan fingerprint density at radius 1 is 1.11 bits per heavy atom. The van der Waals surface area contributed by atoms with E-state index in [0.29, 0.717) is 27.8 Å². The number of anilines is 2. The highest BCUT2D eigenvalue weighted by Crippen LogP contribution is 2.22. The van der Waals surface area contributed by atoms with Gasteiger partial charge in [-0.25, -0.2) is 8.42 Å². The molecule has 1 heterocycles. The zero-order chi connectivity index (χ0) is 19.6. The van der Waals surface area contributed by atoms with Crippen LogP contribution in [0.25, 0.3) is 10.9 Å². The first-order valence-corrected chi connectivity index (χ1v) is 9.99. The molecule has 0 saturated heterocycles. The lowest BCUT2D eigenvalue weighted by Crippen LogP contribution is -2.17. The van der Waals surface area contributed by atoms with E-state index in [0.717, 1.165) is 0 Å². The molecule has 0 unspecified atom stereocenters. The monoisotopic (exact) mass is 385 g/mol. The van der Waals surface area contributed by atoms with Crippen molar-refractivity contribution in [2.24, 2.45) is 0 Å². The Kier molecular flexibility index (Phi) is 5.00. The lowest BCUT2D eigenvalue weighted by Gasteiger charge is -2.12. The average molecular weight is 385 g/mol. The molecule has 3 rings (SSSR count). The van der Waals surface area contributed by atoms with Crippen LogP contribution < -0.4 is 15.6 Å². The van der Waals surface area contributed by atoms with Gasteiger partial charge < -0.3 is 10.3 Å². The van der Waals surface area contributed by atoms with Gasteiger partial charge in [-0.2, -0.15) is 0 Å². The molecule has 2 aromatic carbocycles. The molecule has 0 saturated carbocycles. The topological polar surface area (TPSA) is 108 Å². The molecule has 1 aromatic heterocycles. The standard InChI is InChI=1S/C19H19N3O4S/c1-3-27(25,26)22-16-9-8-13(10-12(16)2)20-19(24)15-11-18(23)21-17-7-5-4-6-14(15)17/h4-11,22H,3H2,1-2H3,(H,20,24)(H,21,23). The van der Waals surface area contributed by atoms with Crippen molar-refractivity contribution in [3.05, 3.63) is 70.0 Å². The van der Waals surface area contributed by atoms with Crippen LogP contribution in [0.15, 0.2) is 53.3 Å². The molecule has 8 heteroatoms. The van der Waals surface area contributed by atoms with Gasteiger partial charge in [0.2, 0.25) is 15.6 Å². The Morgan fingerprint density at radius 3 is 2.56 bits per heavy atom. The fourth-order valence-corrected chi connectivity index (χ4v) is 3.39. The van der Waals surface area contributed by atoms with E-state index in [4.69, 9.17) is 0 Å². The highest BCUT2D eigenvalue weighted by atomic mass is 32.2. The van der Waals surface area contributed by atoms with Crippen molar-refractivity contribution in [1.29, 1.82) is 0 Å². The van der Waals surface area contributed by atoms with E-state index >= 15 is 0 Å². The predicted octanol–water partition coefficient (Wildman–Crippen LogP) is 2.85. The summed E-state index contributed by atoms with van der Waals surface area (Å²) in [6.45, 7) is 3.30. The Hall–Kier alpha value is -3.13. The van der Waals surface area contributed by atoms with Crippen molar-refractivity contribution in [3.8, 4) is 0 Å². The summed E-state index contributed by atoms with van der Waals surface area (Å²) in [7, 11) is -3.38. The van der Waals surface area contributed by atoms with Gasteiger partial charge in [0.1, 0.15) is 0 Å². The molecule has 3 aromatic rings. The number of amides is 1. The Balaban J connectivity index is 1.89. The minimum atomic E-state index is -3.38. The van der Waals surface area contributed by atoms with Gasteiger partial charge in [0, 0.05) is 22.7 Å². The lowest BCUT2D eigenvalue weighted by molar-refractivity contribution is 0.102. The van der Waals surface area contributed by atoms with Gasteiger partial charge in [-0.05, 0) is 43.7 Å². The predicted molar refractivity (Wildman–Crippen MR) is 107 cm³/mol. The van der Waals surface area contributed by atoms with Gasteiger partial charge in [0.05, 0.1) is 17.0 Å². The van der Waals surface area contributed by atoms with E-state index in [1.807, 2.05) is 0 Å². The maximum absolute atomic E-state index is 12.7. The highest BCUT2D eigenvalue weighted by Gasteiger charge is 2.13. The second kappa shape index (κ2) is 7.24. The number of hydrogen-bond acceptors (Lipinski definition) is 4. The number of H-pyrrole nitrogens is 1. The smallest absolute Gasteiger partial charge is 0.256 e. The van der Waals surface area contributed by atoms with Crippen LogP contribution in [0.3, 0.4) is 0 Å². The normalized spacial score (nSPS) is 11.3. The summed E-state index contributed by atoms with van der Waals surface area (Å²) in [5.41, 5.74) is 2.11. The van der Waals surface area contributed by atoms with Gasteiger partial charge >= 0.3 is 0 Å². The molecule has 0 aliphatic carbocycles. The maximum atomic E-state index is 12.7. The zero-order valence-corrected chi connectivity index (χ0v) is 15.7. The first-order valence-electron chi connectivity index (χ1n) is 8.33. The van der Waals surface area contributed by atoms with E-state index < -0.39 is 15.9 Å². The number of rotatable bonds is 5. The van der Waals surface area contributed by atoms with Gasteiger partial charge in [-0.1, -0.05) is 18.2 Å². The summed E-state index contributed by atoms with van der Waals surface area (Å²) >= 11 is 0. The fourth-order valence-electron chi connectivity index (χ4n) is 2.69. The van der Waals surface area contributed by atoms with Crippen LogP contribution in [0.2, 0.25) is 0 Å². The zero-order valence-electron chi connectivity index (χ0n) is 14.9. The summed E-state index contributed by atoms with van der Waals surface area (Å²) < 4.78 is 25.9. The number of benzene rings is 2. The second-order valence-corrected chi connectivity index (χ2v) is 8.09. The molecule has 27 heavy (non-hydrogen) atoms. The first kappa shape index (κ1) is 18.7. The van der Waals surface area contributed by atoms with Crippen molar-refractivity contribution in [2.45, 2.75) is 13.8 Å². The highest BCUT2D eigenvalue weighted by molar-refractivity contribution is 7.92. The quantitative estimate of drug-likeness (QED) is 0.627. The van der Waals surface area contributed by atoms with E-state index in [1.165, 1.54) is 6.07 Å². The summed E-state index contributed by atoms with van der Waals surface area (Å²) in [5.74, 6) is -0.445. The van der Waals surface area contributed by atoms with Crippen molar-refractivity contribution in [3.63, 3.8) is 0 Å². The average Bonchev–Trinajstić information content (AvgIpc) is 2.63. The molecule has 1 amide bonds. The van der Waals surface area contributed by atoms with Gasteiger partial charge in [-0.3, -0.25) is 14.3 Å². The number of pyridine rings is 1. The van der Waals surface area contributed by atoms with E-state index in [2.05, 4.69) is 15.0 Å². The summed E-state index contributed by atoms with van der Waals surface area (Å²) in [6.07, 6.45) is 0. The summed E-state index contributed by atoms with van der Waals surface area (Å²) in [6, 6.07) is 13.2. The van der Waals surface area contributed by atoms with Crippen LogP contribution in [-0.4, -0.2) is 25.1 Å². The molecule has 0 radical (unpaired) electrons. The number of hydrogen-bond donors (Lipinski definition) is 3. The van der Waals surface area contributed by atoms with Crippen LogP contribution >= 0.6 is 0 Å². The van der Waals surface area contributed by atoms with E-state index in [1.54, 1.807) is 56.3 Å². The van der Waals surface area contributed by atoms with Crippen LogP contribution in [0.1, 0.15) is 22.8 Å². The minimum absolute atomic E-state index is 0.0272. The third-order valence-corrected chi connectivity index (χ3v) is 5.42. The van der Waals surface area contributed by atoms with Crippen LogP contribution in [0.5, 0.6) is 0 Å². The number of nitrogens with one attached hydrogen (secondary N) is 3. The van der Waals surface area contributed by atoms with Crippen molar-refractivity contribution >= 4 is 38.2 Å². The third-order valence-electron chi connectivity index (χ3n) is 4.12. The van der Waals surface area contributed by atoms with Crippen LogP contribution in [-0.2, 0) is 10.0 Å². The number of aryl methyl sites for hydroxylation is 1. The molecule has 0 aliphatic heterocycles. The van der Waals surface area contributed by atoms with E-state index in [-0.39, 0.29) is 16.9 Å². The molecule has 7 nitrogen and oxygen atoms in total. The molecular weight excluding hydrogens is 366 g/mol. The van der Waals surface area contributed by atoms with Crippen molar-refractivity contribution in [2.75, 3.05) is 15.8 Å². The Morgan fingerprint density at radius 2 is 1.85 bits per heavy atom. The number of aromatic nitrogens is 1. The second-order valence-electron chi connectivity index (χ2n) is 6.08. The van der Waals surface area contributed by atoms with Crippen molar-refractivity contribution in [1.82, 2.24) is 4.98 Å². The SMILES string of the molecule is CCS(=O)(=O)Nc1ccc(NC(=O)c2cc(=O)[nH]c3ccccc23)cc1C. The van der Waals surface area contributed by atoms with Crippen molar-refractivity contribution < 1.29 is 13.2 Å².